The molecule has 0 spiro atoms. The fraction of sp³-hybridized carbons (Fsp3) is 0.385. The summed E-state index contributed by atoms with van der Waals surface area (Å²) in [6.07, 6.45) is 0.840. The van der Waals surface area contributed by atoms with E-state index < -0.39 is 23.1 Å². The molecule has 0 aromatic carbocycles. The third-order valence-corrected chi connectivity index (χ3v) is 2.41. The average molecular weight is 308 g/mol. The second-order valence-electron chi connectivity index (χ2n) is 5.52. The van der Waals surface area contributed by atoms with E-state index in [1.165, 1.54) is 6.20 Å². The first-order chi connectivity index (χ1) is 10.2. The van der Waals surface area contributed by atoms with Gasteiger partial charge < -0.3 is 9.26 Å². The Bertz CT molecular complexity index is 763. The van der Waals surface area contributed by atoms with Crippen molar-refractivity contribution in [2.75, 3.05) is 5.32 Å². The molecule has 0 saturated heterocycles. The van der Waals surface area contributed by atoms with Gasteiger partial charge in [-0.25, -0.2) is 24.4 Å². The SMILES string of the molecule is CC(C)(C)OC(=O)Nc1ccc(Cn2oc(=O)[nH]c2=O)cn1. The summed E-state index contributed by atoms with van der Waals surface area (Å²) in [7, 11) is 0. The van der Waals surface area contributed by atoms with Gasteiger partial charge in [0.25, 0.3) is 0 Å². The van der Waals surface area contributed by atoms with Gasteiger partial charge in [-0.2, -0.15) is 0 Å². The van der Waals surface area contributed by atoms with Gasteiger partial charge in [0.1, 0.15) is 11.4 Å². The van der Waals surface area contributed by atoms with Crippen LogP contribution in [-0.4, -0.2) is 26.4 Å². The van der Waals surface area contributed by atoms with E-state index in [2.05, 4.69) is 14.8 Å². The Morgan fingerprint density at radius 1 is 1.41 bits per heavy atom. The first-order valence-corrected chi connectivity index (χ1v) is 6.48. The van der Waals surface area contributed by atoms with Crippen LogP contribution in [0.1, 0.15) is 26.3 Å². The zero-order chi connectivity index (χ0) is 16.3. The van der Waals surface area contributed by atoms with Gasteiger partial charge in [-0.1, -0.05) is 6.07 Å². The highest BCUT2D eigenvalue weighted by molar-refractivity contribution is 5.83. The van der Waals surface area contributed by atoms with Crippen LogP contribution in [0.4, 0.5) is 10.6 Å². The Labute approximate surface area is 124 Å². The van der Waals surface area contributed by atoms with Crippen LogP contribution < -0.4 is 16.8 Å². The molecule has 0 atom stereocenters. The third-order valence-electron chi connectivity index (χ3n) is 2.41. The van der Waals surface area contributed by atoms with Crippen molar-refractivity contribution in [2.24, 2.45) is 0 Å². The number of rotatable bonds is 3. The lowest BCUT2D eigenvalue weighted by atomic mass is 10.2. The maximum absolute atomic E-state index is 11.6. The predicted octanol–water partition coefficient (Wildman–Crippen LogP) is 0.920. The summed E-state index contributed by atoms with van der Waals surface area (Å²) >= 11 is 0. The Hall–Kier alpha value is -2.84. The molecule has 2 heterocycles. The number of aromatic nitrogens is 3. The number of carbonyl (C=O) groups is 1. The molecule has 0 bridgehead atoms. The summed E-state index contributed by atoms with van der Waals surface area (Å²) in [6, 6.07) is 3.19. The van der Waals surface area contributed by atoms with E-state index in [0.29, 0.717) is 11.4 Å². The summed E-state index contributed by atoms with van der Waals surface area (Å²) in [5.74, 6) is -0.512. The van der Waals surface area contributed by atoms with Gasteiger partial charge in [-0.3, -0.25) is 5.32 Å². The van der Waals surface area contributed by atoms with E-state index in [0.717, 1.165) is 4.74 Å². The second kappa shape index (κ2) is 5.88. The van der Waals surface area contributed by atoms with E-state index in [-0.39, 0.29) is 6.54 Å². The molecule has 9 heteroatoms. The van der Waals surface area contributed by atoms with Gasteiger partial charge in [0.15, 0.2) is 0 Å². The van der Waals surface area contributed by atoms with E-state index in [9.17, 15) is 14.4 Å². The van der Waals surface area contributed by atoms with Gasteiger partial charge in [0.2, 0.25) is 0 Å². The molecule has 2 aromatic heterocycles. The van der Waals surface area contributed by atoms with Crippen molar-refractivity contribution in [3.8, 4) is 0 Å². The number of pyridine rings is 1. The van der Waals surface area contributed by atoms with Crippen molar-refractivity contribution in [1.29, 1.82) is 0 Å². The van der Waals surface area contributed by atoms with E-state index in [1.807, 2.05) is 4.98 Å². The zero-order valence-corrected chi connectivity index (χ0v) is 12.4. The van der Waals surface area contributed by atoms with Gasteiger partial charge in [0, 0.05) is 6.20 Å². The van der Waals surface area contributed by atoms with Crippen LogP contribution in [0.2, 0.25) is 0 Å². The smallest absolute Gasteiger partial charge is 0.440 e. The van der Waals surface area contributed by atoms with Crippen molar-refractivity contribution in [1.82, 2.24) is 14.7 Å². The molecule has 0 saturated carbocycles. The van der Waals surface area contributed by atoms with E-state index in [1.54, 1.807) is 32.9 Å². The molecular weight excluding hydrogens is 292 g/mol. The highest BCUT2D eigenvalue weighted by Gasteiger charge is 2.16. The van der Waals surface area contributed by atoms with Gasteiger partial charge in [-0.05, 0) is 32.4 Å². The predicted molar refractivity (Wildman–Crippen MR) is 76.8 cm³/mol. The summed E-state index contributed by atoms with van der Waals surface area (Å²) in [5.41, 5.74) is -0.614. The second-order valence-corrected chi connectivity index (χ2v) is 5.52. The number of anilines is 1. The van der Waals surface area contributed by atoms with Crippen LogP contribution in [0.15, 0.2) is 32.4 Å². The standard InChI is InChI=1S/C13H16N4O5/c1-13(2,3)21-11(19)15-9-5-4-8(6-14-9)7-17-10(18)16-12(20)22-17/h4-6H,7H2,1-3H3,(H,14,15,19)(H,16,18,20). The number of amides is 1. The number of H-pyrrole nitrogens is 1. The number of ether oxygens (including phenoxy) is 1. The summed E-state index contributed by atoms with van der Waals surface area (Å²) < 4.78 is 10.6. The third kappa shape index (κ3) is 4.33. The van der Waals surface area contributed by atoms with Crippen molar-refractivity contribution >= 4 is 11.9 Å². The molecule has 2 aromatic rings. The van der Waals surface area contributed by atoms with Crippen LogP contribution in [0.25, 0.3) is 0 Å². The zero-order valence-electron chi connectivity index (χ0n) is 12.4. The average Bonchev–Trinajstić information content (AvgIpc) is 2.68. The van der Waals surface area contributed by atoms with Crippen LogP contribution >= 0.6 is 0 Å². The largest absolute Gasteiger partial charge is 0.444 e. The Balaban J connectivity index is 2.01. The van der Waals surface area contributed by atoms with Crippen LogP contribution in [0.5, 0.6) is 0 Å². The van der Waals surface area contributed by atoms with E-state index in [4.69, 9.17) is 4.74 Å². The lowest BCUT2D eigenvalue weighted by molar-refractivity contribution is 0.0635. The first-order valence-electron chi connectivity index (χ1n) is 6.48. The number of nitrogens with one attached hydrogen (secondary N) is 2. The molecule has 0 aliphatic carbocycles. The minimum absolute atomic E-state index is 0.0529. The van der Waals surface area contributed by atoms with E-state index >= 15 is 0 Å². The maximum atomic E-state index is 11.6. The number of nitrogens with zero attached hydrogens (tertiary/aromatic N) is 2. The first kappa shape index (κ1) is 15.5. The summed E-state index contributed by atoms with van der Waals surface area (Å²) in [6.45, 7) is 5.32. The Kier molecular flexibility index (Phi) is 4.15. The number of carbonyl (C=O) groups excluding carboxylic acids is 1. The molecule has 22 heavy (non-hydrogen) atoms. The molecule has 0 fully saturated rings. The highest BCUT2D eigenvalue weighted by Crippen LogP contribution is 2.10. The van der Waals surface area contributed by atoms with Crippen LogP contribution in [0.3, 0.4) is 0 Å². The quantitative estimate of drug-likeness (QED) is 0.870. The Morgan fingerprint density at radius 3 is 2.64 bits per heavy atom. The molecule has 118 valence electrons. The normalized spacial score (nSPS) is 11.2. The van der Waals surface area contributed by atoms with Crippen LogP contribution in [-0.2, 0) is 11.3 Å². The molecule has 1 amide bonds. The molecule has 0 aliphatic heterocycles. The topological polar surface area (TPSA) is 119 Å². The van der Waals surface area contributed by atoms with Crippen molar-refractivity contribution in [3.63, 3.8) is 0 Å². The lowest BCUT2D eigenvalue weighted by Crippen LogP contribution is -2.27. The fourth-order valence-electron chi connectivity index (χ4n) is 1.58. The van der Waals surface area contributed by atoms with Crippen molar-refractivity contribution < 1.29 is 14.1 Å². The minimum Gasteiger partial charge on any atom is -0.444 e. The molecule has 9 nitrogen and oxygen atoms in total. The highest BCUT2D eigenvalue weighted by atomic mass is 16.6. The minimum atomic E-state index is -0.818. The van der Waals surface area contributed by atoms with Gasteiger partial charge in [-0.15, -0.1) is 4.74 Å². The maximum Gasteiger partial charge on any atom is 0.440 e. The van der Waals surface area contributed by atoms with Crippen LogP contribution in [0, 0.1) is 0 Å². The molecule has 0 unspecified atom stereocenters. The fourth-order valence-corrected chi connectivity index (χ4v) is 1.58. The van der Waals surface area contributed by atoms with Gasteiger partial charge in [0.05, 0.1) is 6.54 Å². The lowest BCUT2D eigenvalue weighted by Gasteiger charge is -2.19. The number of aromatic amines is 1. The monoisotopic (exact) mass is 308 g/mol. The van der Waals surface area contributed by atoms with Crippen molar-refractivity contribution in [2.45, 2.75) is 32.9 Å². The van der Waals surface area contributed by atoms with Gasteiger partial charge >= 0.3 is 17.5 Å². The summed E-state index contributed by atoms with van der Waals surface area (Å²) in [5, 5.41) is 2.48. The summed E-state index contributed by atoms with van der Waals surface area (Å²) in [4.78, 5) is 39.8. The molecular formula is C13H16N4O5. The van der Waals surface area contributed by atoms with Crippen molar-refractivity contribution in [3.05, 3.63) is 44.9 Å². The molecule has 2 rings (SSSR count). The molecule has 0 aliphatic rings. The molecule has 0 radical (unpaired) electrons. The Morgan fingerprint density at radius 2 is 2.14 bits per heavy atom. The molecule has 2 N–H and O–H groups in total. The number of hydrogen-bond acceptors (Lipinski definition) is 6. The number of hydrogen-bond donors (Lipinski definition) is 2.